The molecule has 2 atom stereocenters. The number of carbonyl (C=O) groups is 1. The van der Waals surface area contributed by atoms with Crippen LogP contribution in [0.25, 0.3) is 5.57 Å². The van der Waals surface area contributed by atoms with Gasteiger partial charge >= 0.3 is 0 Å². The highest BCUT2D eigenvalue weighted by Gasteiger charge is 2.43. The monoisotopic (exact) mass is 575 g/mol. The molecule has 7 nitrogen and oxygen atoms in total. The van der Waals surface area contributed by atoms with E-state index in [9.17, 15) is 4.79 Å². The third kappa shape index (κ3) is 4.90. The summed E-state index contributed by atoms with van der Waals surface area (Å²) in [6, 6.07) is 15.2. The number of rotatable bonds is 6. The maximum absolute atomic E-state index is 12.1. The summed E-state index contributed by atoms with van der Waals surface area (Å²) in [4.78, 5) is 21.1. The van der Waals surface area contributed by atoms with Crippen LogP contribution in [0.1, 0.15) is 63.0 Å². The number of ether oxygens (including phenoxy) is 1. The lowest BCUT2D eigenvalue weighted by atomic mass is 9.86. The van der Waals surface area contributed by atoms with Gasteiger partial charge in [-0.25, -0.2) is 0 Å². The van der Waals surface area contributed by atoms with Crippen LogP contribution in [-0.2, 0) is 4.79 Å². The van der Waals surface area contributed by atoms with Crippen molar-refractivity contribution in [1.29, 1.82) is 0 Å². The number of aromatic nitrogens is 1. The van der Waals surface area contributed by atoms with Crippen LogP contribution in [-0.4, -0.2) is 35.7 Å². The summed E-state index contributed by atoms with van der Waals surface area (Å²) in [5.41, 5.74) is 6.50. The molecule has 2 aliphatic rings. The molecular formula is C31H34ClN5O2S. The number of hydrogen-bond donors (Lipinski definition) is 2. The second-order valence-electron chi connectivity index (χ2n) is 10.7. The summed E-state index contributed by atoms with van der Waals surface area (Å²) in [5, 5.41) is 7.60. The van der Waals surface area contributed by atoms with Crippen molar-refractivity contribution in [3.8, 4) is 5.75 Å². The number of benzene rings is 2. The number of amides is 1. The van der Waals surface area contributed by atoms with Crippen molar-refractivity contribution in [2.24, 2.45) is 0 Å². The van der Waals surface area contributed by atoms with Gasteiger partial charge in [-0.15, -0.1) is 0 Å². The Morgan fingerprint density at radius 3 is 2.67 bits per heavy atom. The van der Waals surface area contributed by atoms with Crippen LogP contribution in [0.2, 0.25) is 5.02 Å². The van der Waals surface area contributed by atoms with Crippen molar-refractivity contribution >= 4 is 57.5 Å². The van der Waals surface area contributed by atoms with E-state index in [1.807, 2.05) is 43.3 Å². The van der Waals surface area contributed by atoms with Crippen molar-refractivity contribution < 1.29 is 9.53 Å². The van der Waals surface area contributed by atoms with Gasteiger partial charge in [0.05, 0.1) is 36.1 Å². The number of methoxy groups -OCH3 is 1. The van der Waals surface area contributed by atoms with E-state index in [1.54, 1.807) is 13.3 Å². The smallest absolute Gasteiger partial charge is 0.224 e. The Labute approximate surface area is 246 Å². The van der Waals surface area contributed by atoms with Gasteiger partial charge in [-0.3, -0.25) is 9.78 Å². The highest BCUT2D eigenvalue weighted by molar-refractivity contribution is 7.80. The maximum atomic E-state index is 12.1. The number of fused-ring (bicyclic) bond motifs is 1. The van der Waals surface area contributed by atoms with Gasteiger partial charge in [0.15, 0.2) is 5.11 Å². The Morgan fingerprint density at radius 1 is 1.23 bits per heavy atom. The van der Waals surface area contributed by atoms with Gasteiger partial charge in [-0.05, 0) is 80.5 Å². The van der Waals surface area contributed by atoms with E-state index in [0.717, 1.165) is 28.2 Å². The van der Waals surface area contributed by atoms with Crippen LogP contribution in [0.5, 0.6) is 5.75 Å². The molecule has 1 aromatic heterocycles. The Kier molecular flexibility index (Phi) is 7.50. The number of halogens is 1. The summed E-state index contributed by atoms with van der Waals surface area (Å²) in [6.07, 6.45) is 4.44. The lowest BCUT2D eigenvalue weighted by Crippen LogP contribution is -2.42. The van der Waals surface area contributed by atoms with E-state index in [2.05, 4.69) is 71.4 Å². The second kappa shape index (κ2) is 10.7. The molecule has 1 saturated heterocycles. The largest absolute Gasteiger partial charge is 0.494 e. The first kappa shape index (κ1) is 27.9. The van der Waals surface area contributed by atoms with Gasteiger partial charge in [0.1, 0.15) is 5.75 Å². The standard InChI is InChI=1S/C31H34ClN5O2S/c1-7-27(38)34-23-12-11-19(14-26(23)39-6)37-29(28(35-30(37)40)24-10-8-9-13-33-24)21-15-20-18(2)17-31(3,4)36(5)25(20)16-22(21)32/h8-17,28-29H,7H2,1-6H3,(H,34,38)(H,35,40)/t28-,29-/m1/s1. The van der Waals surface area contributed by atoms with Crippen LogP contribution in [0, 0.1) is 0 Å². The minimum absolute atomic E-state index is 0.0880. The Balaban J connectivity index is 1.67. The molecule has 0 spiro atoms. The summed E-state index contributed by atoms with van der Waals surface area (Å²) in [5.74, 6) is 0.455. The summed E-state index contributed by atoms with van der Waals surface area (Å²) in [6.45, 7) is 8.34. The van der Waals surface area contributed by atoms with E-state index in [1.165, 1.54) is 5.57 Å². The topological polar surface area (TPSA) is 69.7 Å². The van der Waals surface area contributed by atoms with Crippen LogP contribution < -0.4 is 25.2 Å². The molecule has 2 aliphatic heterocycles. The van der Waals surface area contributed by atoms with Crippen molar-refractivity contribution in [2.75, 3.05) is 29.3 Å². The van der Waals surface area contributed by atoms with Crippen LogP contribution >= 0.6 is 23.8 Å². The molecule has 208 valence electrons. The Hall–Kier alpha value is -3.62. The third-order valence-electron chi connectivity index (χ3n) is 7.81. The minimum atomic E-state index is -0.297. The highest BCUT2D eigenvalue weighted by atomic mass is 35.5. The molecule has 0 aliphatic carbocycles. The fourth-order valence-electron chi connectivity index (χ4n) is 5.54. The minimum Gasteiger partial charge on any atom is -0.494 e. The van der Waals surface area contributed by atoms with Crippen molar-refractivity contribution in [3.63, 3.8) is 0 Å². The highest BCUT2D eigenvalue weighted by Crippen LogP contribution is 2.48. The molecule has 0 saturated carbocycles. The zero-order valence-corrected chi connectivity index (χ0v) is 25.2. The average Bonchev–Trinajstić information content (AvgIpc) is 3.28. The fourth-order valence-corrected chi connectivity index (χ4v) is 6.15. The van der Waals surface area contributed by atoms with E-state index < -0.39 is 0 Å². The summed E-state index contributed by atoms with van der Waals surface area (Å²) < 4.78 is 5.67. The predicted molar refractivity (Wildman–Crippen MR) is 167 cm³/mol. The van der Waals surface area contributed by atoms with Gasteiger partial charge in [0.2, 0.25) is 5.91 Å². The number of nitrogens with one attached hydrogen (secondary N) is 2. The van der Waals surface area contributed by atoms with Crippen molar-refractivity contribution in [3.05, 3.63) is 82.6 Å². The average molecular weight is 576 g/mol. The molecule has 1 amide bonds. The number of allylic oxidation sites excluding steroid dienone is 1. The second-order valence-corrected chi connectivity index (χ2v) is 11.5. The van der Waals surface area contributed by atoms with Gasteiger partial charge in [-0.2, -0.15) is 0 Å². The number of hydrogen-bond acceptors (Lipinski definition) is 5. The van der Waals surface area contributed by atoms with Gasteiger partial charge in [0, 0.05) is 47.7 Å². The normalized spacial score (nSPS) is 19.6. The maximum Gasteiger partial charge on any atom is 0.224 e. The molecule has 2 aromatic carbocycles. The number of carbonyl (C=O) groups excluding carboxylic acids is 1. The number of pyridine rings is 1. The van der Waals surface area contributed by atoms with Crippen LogP contribution in [0.15, 0.2) is 60.8 Å². The fraction of sp³-hybridized carbons (Fsp3) is 0.323. The lowest BCUT2D eigenvalue weighted by molar-refractivity contribution is -0.115. The molecule has 5 rings (SSSR count). The zero-order valence-electron chi connectivity index (χ0n) is 23.6. The lowest BCUT2D eigenvalue weighted by Gasteiger charge is -2.41. The van der Waals surface area contributed by atoms with Gasteiger partial charge in [-0.1, -0.05) is 30.7 Å². The molecule has 2 N–H and O–H groups in total. The summed E-state index contributed by atoms with van der Waals surface area (Å²) >= 11 is 13.0. The molecule has 1 fully saturated rings. The molecular weight excluding hydrogens is 542 g/mol. The van der Waals surface area contributed by atoms with Crippen molar-refractivity contribution in [2.45, 2.75) is 51.7 Å². The van der Waals surface area contributed by atoms with E-state index in [-0.39, 0.29) is 23.5 Å². The zero-order chi connectivity index (χ0) is 28.8. The molecule has 0 bridgehead atoms. The molecule has 0 unspecified atom stereocenters. The van der Waals surface area contributed by atoms with Gasteiger partial charge in [0.25, 0.3) is 0 Å². The van der Waals surface area contributed by atoms with E-state index >= 15 is 0 Å². The number of nitrogens with zero attached hydrogens (tertiary/aromatic N) is 3. The Morgan fingerprint density at radius 2 is 2.00 bits per heavy atom. The molecule has 9 heteroatoms. The summed E-state index contributed by atoms with van der Waals surface area (Å²) in [7, 11) is 3.68. The van der Waals surface area contributed by atoms with E-state index in [0.29, 0.717) is 28.0 Å². The molecule has 40 heavy (non-hydrogen) atoms. The first-order chi connectivity index (χ1) is 19.1. The molecule has 0 radical (unpaired) electrons. The number of thiocarbonyl (C=S) groups is 1. The third-order valence-corrected chi connectivity index (χ3v) is 8.45. The first-order valence-electron chi connectivity index (χ1n) is 13.3. The van der Waals surface area contributed by atoms with Crippen LogP contribution in [0.4, 0.5) is 17.1 Å². The quantitative estimate of drug-likeness (QED) is 0.310. The predicted octanol–water partition coefficient (Wildman–Crippen LogP) is 6.90. The number of likely N-dealkylation sites (N-methyl/N-ethyl adjacent to an activating group) is 1. The van der Waals surface area contributed by atoms with Crippen molar-refractivity contribution in [1.82, 2.24) is 10.3 Å². The SMILES string of the molecule is CCC(=O)Nc1ccc(N2C(=S)N[C@H](c3ccccn3)[C@H]2c2cc3c(cc2Cl)N(C)C(C)(C)C=C3C)cc1OC. The Bertz CT molecular complexity index is 1510. The number of anilines is 3. The molecule has 3 heterocycles. The van der Waals surface area contributed by atoms with E-state index in [4.69, 9.17) is 28.6 Å². The molecule has 3 aromatic rings. The van der Waals surface area contributed by atoms with Gasteiger partial charge < -0.3 is 25.2 Å². The van der Waals surface area contributed by atoms with Crippen LogP contribution in [0.3, 0.4) is 0 Å². The first-order valence-corrected chi connectivity index (χ1v) is 14.1.